The lowest BCUT2D eigenvalue weighted by Crippen LogP contribution is -2.54. The Morgan fingerprint density at radius 1 is 1.03 bits per heavy atom. The number of anilines is 1. The Bertz CT molecular complexity index is 1420. The van der Waals surface area contributed by atoms with E-state index in [1.54, 1.807) is 54.6 Å². The fourth-order valence-electron chi connectivity index (χ4n) is 3.57. The van der Waals surface area contributed by atoms with Gasteiger partial charge in [0, 0.05) is 6.07 Å². The summed E-state index contributed by atoms with van der Waals surface area (Å²) in [7, 11) is 0. The number of hydrogen-bond acceptors (Lipinski definition) is 6. The van der Waals surface area contributed by atoms with E-state index in [1.807, 2.05) is 6.92 Å². The molecule has 10 heteroatoms. The van der Waals surface area contributed by atoms with Crippen LogP contribution in [-0.2, 0) is 16.2 Å². The fourth-order valence-corrected chi connectivity index (χ4v) is 4.26. The van der Waals surface area contributed by atoms with Crippen LogP contribution < -0.4 is 19.7 Å². The minimum Gasteiger partial charge on any atom is -0.494 e. The number of benzene rings is 3. The average molecular weight is 612 g/mol. The highest BCUT2D eigenvalue weighted by Gasteiger charge is 2.37. The van der Waals surface area contributed by atoms with Crippen LogP contribution in [0.2, 0.25) is 0 Å². The van der Waals surface area contributed by atoms with E-state index in [-0.39, 0.29) is 23.4 Å². The van der Waals surface area contributed by atoms with Crippen molar-refractivity contribution in [3.63, 3.8) is 0 Å². The Labute approximate surface area is 225 Å². The van der Waals surface area contributed by atoms with Crippen LogP contribution in [0.15, 0.2) is 72.3 Å². The highest BCUT2D eigenvalue weighted by molar-refractivity contribution is 14.1. The summed E-state index contributed by atoms with van der Waals surface area (Å²) in [4.78, 5) is 50.0. The number of carbonyl (C=O) groups is 4. The van der Waals surface area contributed by atoms with Gasteiger partial charge in [-0.3, -0.25) is 14.9 Å². The van der Waals surface area contributed by atoms with Crippen LogP contribution in [0.25, 0.3) is 6.08 Å². The number of nitrogens with zero attached hydrogens (tertiary/aromatic N) is 1. The van der Waals surface area contributed by atoms with Crippen molar-refractivity contribution in [3.05, 3.63) is 92.6 Å². The normalized spacial score (nSPS) is 14.5. The first-order valence-corrected chi connectivity index (χ1v) is 12.2. The lowest BCUT2D eigenvalue weighted by atomic mass is 10.1. The van der Waals surface area contributed by atoms with Crippen LogP contribution in [0.1, 0.15) is 28.4 Å². The van der Waals surface area contributed by atoms with Crippen LogP contribution >= 0.6 is 22.6 Å². The molecular formula is C27H21IN2O7. The number of nitrogens with one attached hydrogen (secondary N) is 1. The number of halogens is 1. The van der Waals surface area contributed by atoms with Gasteiger partial charge in [0.2, 0.25) is 0 Å². The van der Waals surface area contributed by atoms with Gasteiger partial charge >= 0.3 is 12.0 Å². The quantitative estimate of drug-likeness (QED) is 0.216. The van der Waals surface area contributed by atoms with Gasteiger partial charge in [0.1, 0.15) is 23.7 Å². The highest BCUT2D eigenvalue weighted by Crippen LogP contribution is 2.28. The standard InChI is InChI=1S/C27H21IN2O7/c1-2-36-20-5-3-4-19(14-20)30-25(32)21(24(31)29-27(30)35)12-17-8-11-23(22(28)13-17)37-15-16-6-9-18(10-7-16)26(33)34/h3-14H,2,15H2,1H3,(H,33,34)(H,29,31,35)/b21-12+. The van der Waals surface area contributed by atoms with Gasteiger partial charge in [-0.1, -0.05) is 24.3 Å². The van der Waals surface area contributed by atoms with E-state index in [0.29, 0.717) is 23.7 Å². The number of barbiturate groups is 1. The maximum Gasteiger partial charge on any atom is 0.335 e. The molecule has 0 radical (unpaired) electrons. The molecule has 0 aromatic heterocycles. The van der Waals surface area contributed by atoms with Gasteiger partial charge in [-0.25, -0.2) is 14.5 Å². The number of carbonyl (C=O) groups excluding carboxylic acids is 3. The number of carboxylic acids is 1. The van der Waals surface area contributed by atoms with Crippen LogP contribution in [0.4, 0.5) is 10.5 Å². The summed E-state index contributed by atoms with van der Waals surface area (Å²) in [6.07, 6.45) is 1.42. The zero-order chi connectivity index (χ0) is 26.5. The minimum atomic E-state index is -0.997. The first kappa shape index (κ1) is 25.9. The van der Waals surface area contributed by atoms with Gasteiger partial charge < -0.3 is 14.6 Å². The lowest BCUT2D eigenvalue weighted by Gasteiger charge is -2.26. The number of ether oxygens (including phenoxy) is 2. The second kappa shape index (κ2) is 11.2. The summed E-state index contributed by atoms with van der Waals surface area (Å²) in [6, 6.07) is 17.2. The summed E-state index contributed by atoms with van der Waals surface area (Å²) in [6.45, 7) is 2.47. The van der Waals surface area contributed by atoms with Crippen molar-refractivity contribution in [2.75, 3.05) is 11.5 Å². The van der Waals surface area contributed by atoms with Crippen molar-refractivity contribution in [1.82, 2.24) is 5.32 Å². The van der Waals surface area contributed by atoms with Crippen molar-refractivity contribution >= 4 is 58.2 Å². The predicted octanol–water partition coefficient (Wildman–Crippen LogP) is 4.63. The highest BCUT2D eigenvalue weighted by atomic mass is 127. The Morgan fingerprint density at radius 3 is 2.46 bits per heavy atom. The van der Waals surface area contributed by atoms with Gasteiger partial charge in [-0.15, -0.1) is 0 Å². The summed E-state index contributed by atoms with van der Waals surface area (Å²) in [5.41, 5.74) is 1.65. The smallest absolute Gasteiger partial charge is 0.335 e. The lowest BCUT2D eigenvalue weighted by molar-refractivity contribution is -0.122. The molecule has 4 rings (SSSR count). The summed E-state index contributed by atoms with van der Waals surface area (Å²) in [5, 5.41) is 11.2. The summed E-state index contributed by atoms with van der Waals surface area (Å²) < 4.78 is 12.0. The van der Waals surface area contributed by atoms with Gasteiger partial charge in [0.25, 0.3) is 11.8 Å². The van der Waals surface area contributed by atoms with Crippen LogP contribution in [0.3, 0.4) is 0 Å². The van der Waals surface area contributed by atoms with Crippen LogP contribution in [0.5, 0.6) is 11.5 Å². The van der Waals surface area contributed by atoms with Crippen molar-refractivity contribution in [2.24, 2.45) is 0 Å². The van der Waals surface area contributed by atoms with Gasteiger partial charge in [-0.05, 0) is 83.1 Å². The van der Waals surface area contributed by atoms with E-state index in [9.17, 15) is 19.2 Å². The Hall–Kier alpha value is -4.19. The molecule has 0 bridgehead atoms. The molecule has 1 heterocycles. The number of urea groups is 1. The first-order valence-electron chi connectivity index (χ1n) is 11.2. The molecule has 9 nitrogen and oxygen atoms in total. The molecule has 1 saturated heterocycles. The third-order valence-corrected chi connectivity index (χ3v) is 6.19. The Balaban J connectivity index is 1.52. The molecule has 0 atom stereocenters. The number of imide groups is 2. The van der Waals surface area contributed by atoms with E-state index in [2.05, 4.69) is 27.9 Å². The topological polar surface area (TPSA) is 122 Å². The molecule has 3 aromatic rings. The Kier molecular flexibility index (Phi) is 7.87. The molecule has 3 aromatic carbocycles. The second-order valence-electron chi connectivity index (χ2n) is 7.87. The second-order valence-corrected chi connectivity index (χ2v) is 9.03. The van der Waals surface area contributed by atoms with Gasteiger partial charge in [-0.2, -0.15) is 0 Å². The van der Waals surface area contributed by atoms with E-state index in [1.165, 1.54) is 18.2 Å². The van der Waals surface area contributed by atoms with E-state index in [4.69, 9.17) is 14.6 Å². The average Bonchev–Trinajstić information content (AvgIpc) is 2.86. The van der Waals surface area contributed by atoms with E-state index in [0.717, 1.165) is 14.0 Å². The molecule has 1 fully saturated rings. The molecule has 0 unspecified atom stereocenters. The largest absolute Gasteiger partial charge is 0.494 e. The molecule has 1 aliphatic rings. The zero-order valence-electron chi connectivity index (χ0n) is 19.6. The number of aromatic carboxylic acids is 1. The third kappa shape index (κ3) is 5.97. The molecular weight excluding hydrogens is 591 g/mol. The first-order chi connectivity index (χ1) is 17.8. The van der Waals surface area contributed by atoms with Crippen LogP contribution in [-0.4, -0.2) is 35.5 Å². The molecule has 4 amide bonds. The van der Waals surface area contributed by atoms with E-state index >= 15 is 0 Å². The number of carboxylic acid groups (broad SMARTS) is 1. The molecule has 1 aliphatic heterocycles. The van der Waals surface area contributed by atoms with Gasteiger partial charge in [0.15, 0.2) is 0 Å². The van der Waals surface area contributed by atoms with E-state index < -0.39 is 23.8 Å². The molecule has 0 spiro atoms. The maximum atomic E-state index is 13.2. The Morgan fingerprint density at radius 2 is 1.78 bits per heavy atom. The van der Waals surface area contributed by atoms with Crippen molar-refractivity contribution in [2.45, 2.75) is 13.5 Å². The molecule has 188 valence electrons. The van der Waals surface area contributed by atoms with Crippen molar-refractivity contribution in [1.29, 1.82) is 0 Å². The summed E-state index contributed by atoms with van der Waals surface area (Å²) in [5.74, 6) is -1.46. The predicted molar refractivity (Wildman–Crippen MR) is 144 cm³/mol. The fraction of sp³-hybridized carbons (Fsp3) is 0.111. The minimum absolute atomic E-state index is 0.190. The van der Waals surface area contributed by atoms with Crippen LogP contribution in [0, 0.1) is 3.57 Å². The number of hydrogen-bond donors (Lipinski definition) is 2. The van der Waals surface area contributed by atoms with Gasteiger partial charge in [0.05, 0.1) is 21.4 Å². The number of rotatable bonds is 8. The monoisotopic (exact) mass is 612 g/mol. The maximum absolute atomic E-state index is 13.2. The molecule has 0 saturated carbocycles. The third-order valence-electron chi connectivity index (χ3n) is 5.35. The molecule has 2 N–H and O–H groups in total. The molecule has 0 aliphatic carbocycles. The summed E-state index contributed by atoms with van der Waals surface area (Å²) >= 11 is 2.08. The van der Waals surface area contributed by atoms with Crippen molar-refractivity contribution < 1.29 is 33.8 Å². The zero-order valence-corrected chi connectivity index (χ0v) is 21.7. The van der Waals surface area contributed by atoms with Crippen molar-refractivity contribution in [3.8, 4) is 11.5 Å². The number of amides is 4. The molecule has 37 heavy (non-hydrogen) atoms. The SMILES string of the molecule is CCOc1cccc(N2C(=O)NC(=O)/C(=C\c3ccc(OCc4ccc(C(=O)O)cc4)c(I)c3)C2=O)c1.